The zero-order valence-corrected chi connectivity index (χ0v) is 13.5. The number of piperidine rings is 1. The van der Waals surface area contributed by atoms with Gasteiger partial charge in [-0.2, -0.15) is 5.10 Å². The van der Waals surface area contributed by atoms with E-state index in [4.69, 9.17) is 4.98 Å². The van der Waals surface area contributed by atoms with Crippen LogP contribution in [0.4, 0.5) is 5.82 Å². The maximum Gasteiger partial charge on any atom is 0.171 e. The van der Waals surface area contributed by atoms with Gasteiger partial charge < -0.3 is 4.90 Å². The fourth-order valence-electron chi connectivity index (χ4n) is 3.03. The molecule has 3 aromatic rings. The molecule has 1 atom stereocenters. The van der Waals surface area contributed by atoms with Gasteiger partial charge in [-0.1, -0.05) is 0 Å². The van der Waals surface area contributed by atoms with Gasteiger partial charge in [-0.15, -0.1) is 0 Å². The Hall–Kier alpha value is -2.02. The summed E-state index contributed by atoms with van der Waals surface area (Å²) in [7, 11) is 0. The predicted octanol–water partition coefficient (Wildman–Crippen LogP) is 3.01. The van der Waals surface area contributed by atoms with Crippen molar-refractivity contribution >= 4 is 27.4 Å². The van der Waals surface area contributed by atoms with Gasteiger partial charge >= 0.3 is 0 Å². The highest BCUT2D eigenvalue weighted by Crippen LogP contribution is 2.34. The van der Waals surface area contributed by atoms with Crippen molar-refractivity contribution in [1.82, 2.24) is 24.6 Å². The van der Waals surface area contributed by atoms with Crippen LogP contribution < -0.4 is 4.90 Å². The first-order valence-corrected chi connectivity index (χ1v) is 8.13. The molecule has 0 saturated carbocycles. The number of anilines is 1. The van der Waals surface area contributed by atoms with E-state index in [0.717, 1.165) is 34.5 Å². The molecular formula is C15H15BrN6. The molecule has 1 aliphatic heterocycles. The highest BCUT2D eigenvalue weighted by molar-refractivity contribution is 9.10. The van der Waals surface area contributed by atoms with Gasteiger partial charge in [0, 0.05) is 30.7 Å². The van der Waals surface area contributed by atoms with E-state index in [1.54, 1.807) is 17.0 Å². The molecule has 0 bridgehead atoms. The lowest BCUT2D eigenvalue weighted by atomic mass is 9.97. The Morgan fingerprint density at radius 3 is 2.86 bits per heavy atom. The molecule has 6 nitrogen and oxygen atoms in total. The van der Waals surface area contributed by atoms with E-state index in [1.165, 1.54) is 12.8 Å². The summed E-state index contributed by atoms with van der Waals surface area (Å²) in [5.74, 6) is 0.974. The molecule has 7 heteroatoms. The Labute approximate surface area is 136 Å². The quantitative estimate of drug-likeness (QED) is 0.704. The lowest BCUT2D eigenvalue weighted by Gasteiger charge is -2.36. The van der Waals surface area contributed by atoms with Crippen LogP contribution in [0.25, 0.3) is 5.65 Å². The molecule has 112 valence electrons. The Kier molecular flexibility index (Phi) is 3.49. The van der Waals surface area contributed by atoms with Crippen molar-refractivity contribution in [2.24, 2.45) is 0 Å². The molecule has 0 N–H and O–H groups in total. The van der Waals surface area contributed by atoms with Gasteiger partial charge in [0.1, 0.15) is 12.1 Å². The summed E-state index contributed by atoms with van der Waals surface area (Å²) in [5.41, 5.74) is 1.99. The fourth-order valence-corrected chi connectivity index (χ4v) is 3.39. The molecule has 1 aliphatic rings. The van der Waals surface area contributed by atoms with Crippen molar-refractivity contribution in [2.75, 3.05) is 11.4 Å². The second kappa shape index (κ2) is 5.64. The van der Waals surface area contributed by atoms with E-state index in [2.05, 4.69) is 35.9 Å². The summed E-state index contributed by atoms with van der Waals surface area (Å²) in [6.45, 7) is 0.995. The Balaban J connectivity index is 1.75. The number of rotatable bonds is 2. The zero-order valence-electron chi connectivity index (χ0n) is 11.9. The Bertz CT molecular complexity index is 787. The largest absolute Gasteiger partial charge is 0.349 e. The van der Waals surface area contributed by atoms with Crippen LogP contribution in [0.5, 0.6) is 0 Å². The molecule has 1 saturated heterocycles. The summed E-state index contributed by atoms with van der Waals surface area (Å²) in [6, 6.07) is 2.31. The summed E-state index contributed by atoms with van der Waals surface area (Å²) in [4.78, 5) is 15.4. The minimum Gasteiger partial charge on any atom is -0.349 e. The molecular weight excluding hydrogens is 344 g/mol. The third-order valence-electron chi connectivity index (χ3n) is 4.07. The number of hydrogen-bond donors (Lipinski definition) is 0. The van der Waals surface area contributed by atoms with Crippen molar-refractivity contribution in [2.45, 2.75) is 25.3 Å². The van der Waals surface area contributed by atoms with Crippen molar-refractivity contribution in [3.05, 3.63) is 47.2 Å². The monoisotopic (exact) mass is 358 g/mol. The lowest BCUT2D eigenvalue weighted by molar-refractivity contribution is 0.467. The molecule has 0 spiro atoms. The van der Waals surface area contributed by atoms with Crippen LogP contribution in [0.15, 0.2) is 41.7 Å². The zero-order chi connectivity index (χ0) is 14.9. The number of fused-ring (bicyclic) bond motifs is 1. The van der Waals surface area contributed by atoms with E-state index in [1.807, 2.05) is 24.7 Å². The number of aromatic nitrogens is 5. The second-order valence-corrected chi connectivity index (χ2v) is 6.28. The van der Waals surface area contributed by atoms with Gasteiger partial charge in [-0.05, 0) is 41.3 Å². The maximum atomic E-state index is 4.77. The molecule has 1 fully saturated rings. The lowest BCUT2D eigenvalue weighted by Crippen LogP contribution is -2.34. The molecule has 3 aromatic heterocycles. The maximum absolute atomic E-state index is 4.77. The molecule has 0 aromatic carbocycles. The first-order valence-electron chi connectivity index (χ1n) is 7.34. The van der Waals surface area contributed by atoms with Gasteiger partial charge in [-0.3, -0.25) is 0 Å². The summed E-state index contributed by atoms with van der Waals surface area (Å²) >= 11 is 3.50. The van der Waals surface area contributed by atoms with Gasteiger partial charge in [0.25, 0.3) is 0 Å². The van der Waals surface area contributed by atoms with E-state index >= 15 is 0 Å². The standard InChI is InChI=1S/C15H15BrN6/c16-12-9-19-22-6-4-14(20-15(12)22)21-5-2-1-3-13(21)11-7-17-10-18-8-11/h4,6-10,13H,1-3,5H2. The molecule has 4 rings (SSSR count). The molecule has 22 heavy (non-hydrogen) atoms. The van der Waals surface area contributed by atoms with Crippen molar-refractivity contribution in [3.8, 4) is 0 Å². The third-order valence-corrected chi connectivity index (χ3v) is 4.63. The van der Waals surface area contributed by atoms with Crippen molar-refractivity contribution in [1.29, 1.82) is 0 Å². The highest BCUT2D eigenvalue weighted by atomic mass is 79.9. The summed E-state index contributed by atoms with van der Waals surface area (Å²) in [6.07, 6.45) is 12.6. The molecule has 4 heterocycles. The predicted molar refractivity (Wildman–Crippen MR) is 86.7 cm³/mol. The van der Waals surface area contributed by atoms with Crippen molar-refractivity contribution in [3.63, 3.8) is 0 Å². The normalized spacial score (nSPS) is 18.8. The summed E-state index contributed by atoms with van der Waals surface area (Å²) < 4.78 is 2.68. The molecule has 0 aliphatic carbocycles. The van der Waals surface area contributed by atoms with Crippen LogP contribution in [0, 0.1) is 0 Å². The van der Waals surface area contributed by atoms with Gasteiger partial charge in [-0.25, -0.2) is 19.5 Å². The van der Waals surface area contributed by atoms with Crippen LogP contribution in [0.1, 0.15) is 30.9 Å². The van der Waals surface area contributed by atoms with E-state index in [9.17, 15) is 0 Å². The average molecular weight is 359 g/mol. The van der Waals surface area contributed by atoms with Crippen molar-refractivity contribution < 1.29 is 0 Å². The first kappa shape index (κ1) is 13.6. The van der Waals surface area contributed by atoms with Gasteiger partial charge in [0.2, 0.25) is 0 Å². The van der Waals surface area contributed by atoms with Crippen LogP contribution in [-0.4, -0.2) is 31.1 Å². The molecule has 0 amide bonds. The smallest absolute Gasteiger partial charge is 0.171 e. The summed E-state index contributed by atoms with van der Waals surface area (Å²) in [5, 5.41) is 4.25. The van der Waals surface area contributed by atoms with E-state index in [-0.39, 0.29) is 6.04 Å². The Morgan fingerprint density at radius 2 is 2.00 bits per heavy atom. The number of halogens is 1. The molecule has 1 unspecified atom stereocenters. The van der Waals surface area contributed by atoms with Crippen LogP contribution in [0.3, 0.4) is 0 Å². The SMILES string of the molecule is Brc1cnn2ccc(N3CCCCC3c3cncnc3)nc12. The number of hydrogen-bond acceptors (Lipinski definition) is 5. The van der Waals surface area contributed by atoms with Gasteiger partial charge in [0.05, 0.1) is 16.7 Å². The third kappa shape index (κ3) is 2.35. The second-order valence-electron chi connectivity index (χ2n) is 5.42. The van der Waals surface area contributed by atoms with E-state index in [0.29, 0.717) is 0 Å². The minimum absolute atomic E-state index is 0.284. The highest BCUT2D eigenvalue weighted by Gasteiger charge is 2.26. The van der Waals surface area contributed by atoms with E-state index < -0.39 is 0 Å². The van der Waals surface area contributed by atoms with Gasteiger partial charge in [0.15, 0.2) is 5.65 Å². The van der Waals surface area contributed by atoms with Crippen LogP contribution >= 0.6 is 15.9 Å². The topological polar surface area (TPSA) is 59.2 Å². The molecule has 0 radical (unpaired) electrons. The van der Waals surface area contributed by atoms with Crippen LogP contribution in [0.2, 0.25) is 0 Å². The van der Waals surface area contributed by atoms with Crippen LogP contribution in [-0.2, 0) is 0 Å². The fraction of sp³-hybridized carbons (Fsp3) is 0.333. The first-order chi connectivity index (χ1) is 10.8. The Morgan fingerprint density at radius 1 is 1.14 bits per heavy atom. The average Bonchev–Trinajstić information content (AvgIpc) is 2.96. The minimum atomic E-state index is 0.284. The number of nitrogens with zero attached hydrogens (tertiary/aromatic N) is 6.